The molecule has 0 atom stereocenters. The van der Waals surface area contributed by atoms with Crippen molar-refractivity contribution in [1.82, 2.24) is 14.1 Å². The van der Waals surface area contributed by atoms with Crippen LogP contribution in [-0.4, -0.2) is 47.3 Å². The molecule has 0 unspecified atom stereocenters. The lowest BCUT2D eigenvalue weighted by Crippen LogP contribution is -2.34. The lowest BCUT2D eigenvalue weighted by molar-refractivity contribution is 0.260. The van der Waals surface area contributed by atoms with Crippen LogP contribution in [0.25, 0.3) is 0 Å². The van der Waals surface area contributed by atoms with E-state index in [1.165, 1.54) is 10.8 Å². The van der Waals surface area contributed by atoms with Crippen molar-refractivity contribution in [3.63, 3.8) is 0 Å². The molecule has 1 N–H and O–H groups in total. The number of aryl methyl sites for hydroxylation is 2. The molecule has 102 valence electrons. The van der Waals surface area contributed by atoms with Crippen molar-refractivity contribution >= 4 is 21.6 Å². The minimum Gasteiger partial charge on any atom is -0.395 e. The average Bonchev–Trinajstić information content (AvgIpc) is 2.53. The zero-order chi connectivity index (χ0) is 13.9. The summed E-state index contributed by atoms with van der Waals surface area (Å²) < 4.78 is 27.2. The summed E-state index contributed by atoms with van der Waals surface area (Å²) in [4.78, 5) is -0.0260. The Hall–Kier alpha value is -0.890. The van der Waals surface area contributed by atoms with Gasteiger partial charge in [0.2, 0.25) is 10.0 Å². The molecule has 8 heteroatoms. The molecule has 1 aromatic rings. The number of rotatable bonds is 6. The van der Waals surface area contributed by atoms with Crippen molar-refractivity contribution < 1.29 is 13.5 Å². The van der Waals surface area contributed by atoms with Gasteiger partial charge in [0.15, 0.2) is 0 Å². The first-order chi connectivity index (χ1) is 8.36. The monoisotopic (exact) mass is 293 g/mol. The van der Waals surface area contributed by atoms with Gasteiger partial charge in [-0.3, -0.25) is 4.68 Å². The molecule has 0 fully saturated rings. The molecule has 0 aliphatic rings. The van der Waals surface area contributed by atoms with Gasteiger partial charge in [0, 0.05) is 20.1 Å². The molecule has 0 aliphatic carbocycles. The Morgan fingerprint density at radius 1 is 1.61 bits per heavy atom. The van der Waals surface area contributed by atoms with E-state index in [1.54, 1.807) is 14.0 Å². The molecule has 1 rings (SSSR count). The van der Waals surface area contributed by atoms with Gasteiger partial charge in [-0.2, -0.15) is 9.40 Å². The molecule has 1 aromatic heterocycles. The number of aromatic nitrogens is 2. The number of halogens is 1. The van der Waals surface area contributed by atoms with E-state index >= 15 is 0 Å². The first kappa shape index (κ1) is 15.2. The van der Waals surface area contributed by atoms with E-state index in [9.17, 15) is 8.42 Å². The van der Waals surface area contributed by atoms with E-state index in [-0.39, 0.29) is 29.7 Å². The predicted octanol–water partition coefficient (Wildman–Crippen LogP) is 0.551. The van der Waals surface area contributed by atoms with Crippen LogP contribution in [0.2, 0.25) is 5.15 Å². The van der Waals surface area contributed by atoms with Crippen LogP contribution < -0.4 is 0 Å². The second kappa shape index (κ2) is 5.83. The van der Waals surface area contributed by atoms with Gasteiger partial charge >= 0.3 is 0 Å². The SMILES string of the molecule is C=CCN(CCO)S(=O)(=O)c1c(C)nn(C)c1Cl. The zero-order valence-corrected chi connectivity index (χ0v) is 11.9. The molecule has 1 heterocycles. The van der Waals surface area contributed by atoms with E-state index in [2.05, 4.69) is 11.7 Å². The molecule has 0 saturated heterocycles. The maximum Gasteiger partial charge on any atom is 0.248 e. The Labute approximate surface area is 112 Å². The second-order valence-corrected chi connectivity index (χ2v) is 5.94. The van der Waals surface area contributed by atoms with Gasteiger partial charge in [-0.05, 0) is 6.92 Å². The van der Waals surface area contributed by atoms with Gasteiger partial charge in [-0.15, -0.1) is 6.58 Å². The van der Waals surface area contributed by atoms with Crippen LogP contribution in [0.5, 0.6) is 0 Å². The maximum absolute atomic E-state index is 12.4. The molecule has 0 amide bonds. The quantitative estimate of drug-likeness (QED) is 0.777. The Morgan fingerprint density at radius 2 is 2.22 bits per heavy atom. The van der Waals surface area contributed by atoms with Gasteiger partial charge in [-0.1, -0.05) is 17.7 Å². The van der Waals surface area contributed by atoms with E-state index in [4.69, 9.17) is 16.7 Å². The predicted molar refractivity (Wildman–Crippen MR) is 69.0 cm³/mol. The highest BCUT2D eigenvalue weighted by molar-refractivity contribution is 7.89. The molecule has 6 nitrogen and oxygen atoms in total. The number of hydrogen-bond donors (Lipinski definition) is 1. The molecular weight excluding hydrogens is 278 g/mol. The number of hydrogen-bond acceptors (Lipinski definition) is 4. The van der Waals surface area contributed by atoms with Crippen molar-refractivity contribution in [2.75, 3.05) is 19.7 Å². The van der Waals surface area contributed by atoms with Crippen LogP contribution in [0.3, 0.4) is 0 Å². The van der Waals surface area contributed by atoms with Crippen LogP contribution in [0, 0.1) is 6.92 Å². The van der Waals surface area contributed by atoms with Gasteiger partial charge in [0.05, 0.1) is 12.3 Å². The summed E-state index contributed by atoms with van der Waals surface area (Å²) in [6, 6.07) is 0. The largest absolute Gasteiger partial charge is 0.395 e. The first-order valence-electron chi connectivity index (χ1n) is 5.27. The lowest BCUT2D eigenvalue weighted by atomic mass is 10.5. The highest BCUT2D eigenvalue weighted by Crippen LogP contribution is 2.27. The summed E-state index contributed by atoms with van der Waals surface area (Å²) in [7, 11) is -2.21. The minimum atomic E-state index is -3.78. The van der Waals surface area contributed by atoms with E-state index in [0.29, 0.717) is 5.69 Å². The van der Waals surface area contributed by atoms with Crippen LogP contribution in [0.1, 0.15) is 5.69 Å². The summed E-state index contributed by atoms with van der Waals surface area (Å²) in [5.41, 5.74) is 0.328. The fourth-order valence-corrected chi connectivity index (χ4v) is 3.71. The zero-order valence-electron chi connectivity index (χ0n) is 10.3. The number of sulfonamides is 1. The van der Waals surface area contributed by atoms with Crippen molar-refractivity contribution in [3.05, 3.63) is 23.5 Å². The van der Waals surface area contributed by atoms with E-state index in [0.717, 1.165) is 4.31 Å². The number of nitrogens with zero attached hydrogens (tertiary/aromatic N) is 3. The minimum absolute atomic E-state index is 0.0149. The maximum atomic E-state index is 12.4. The molecule has 18 heavy (non-hydrogen) atoms. The lowest BCUT2D eigenvalue weighted by Gasteiger charge is -2.19. The number of aliphatic hydroxyl groups is 1. The standard InChI is InChI=1S/C10H16ClN3O3S/c1-4-5-14(6-7-15)18(16,17)9-8(2)12-13(3)10(9)11/h4,15H,1,5-7H2,2-3H3. The Morgan fingerprint density at radius 3 is 2.61 bits per heavy atom. The number of aliphatic hydroxyl groups excluding tert-OH is 1. The fourth-order valence-electron chi connectivity index (χ4n) is 1.60. The van der Waals surface area contributed by atoms with Crippen molar-refractivity contribution in [2.45, 2.75) is 11.8 Å². The smallest absolute Gasteiger partial charge is 0.248 e. The second-order valence-electron chi connectivity index (χ2n) is 3.70. The third-order valence-corrected chi connectivity index (χ3v) is 4.94. The summed E-state index contributed by atoms with van der Waals surface area (Å²) >= 11 is 5.95. The Kier molecular flexibility index (Phi) is 4.92. The summed E-state index contributed by atoms with van der Waals surface area (Å²) in [6.45, 7) is 4.89. The molecular formula is C10H16ClN3O3S. The highest BCUT2D eigenvalue weighted by atomic mass is 35.5. The molecule has 0 bridgehead atoms. The molecule has 0 saturated carbocycles. The van der Waals surface area contributed by atoms with Crippen molar-refractivity contribution in [1.29, 1.82) is 0 Å². The van der Waals surface area contributed by atoms with E-state index < -0.39 is 10.0 Å². The third kappa shape index (κ3) is 2.74. The molecule has 0 aliphatic heterocycles. The Balaban J connectivity index is 3.30. The third-order valence-electron chi connectivity index (χ3n) is 2.38. The van der Waals surface area contributed by atoms with Crippen LogP contribution in [-0.2, 0) is 17.1 Å². The van der Waals surface area contributed by atoms with Crippen molar-refractivity contribution in [3.8, 4) is 0 Å². The topological polar surface area (TPSA) is 75.4 Å². The van der Waals surface area contributed by atoms with Gasteiger partial charge in [0.25, 0.3) is 0 Å². The molecule has 0 radical (unpaired) electrons. The first-order valence-corrected chi connectivity index (χ1v) is 7.09. The summed E-state index contributed by atoms with van der Waals surface area (Å²) in [5.74, 6) is 0. The van der Waals surface area contributed by atoms with Crippen LogP contribution in [0.4, 0.5) is 0 Å². The van der Waals surface area contributed by atoms with Gasteiger partial charge < -0.3 is 5.11 Å². The fraction of sp³-hybridized carbons (Fsp3) is 0.500. The Bertz CT molecular complexity index is 539. The van der Waals surface area contributed by atoms with Crippen LogP contribution in [0.15, 0.2) is 17.6 Å². The van der Waals surface area contributed by atoms with Gasteiger partial charge in [0.1, 0.15) is 10.0 Å². The summed E-state index contributed by atoms with van der Waals surface area (Å²) in [5, 5.41) is 12.9. The van der Waals surface area contributed by atoms with Crippen LogP contribution >= 0.6 is 11.6 Å². The molecule has 0 spiro atoms. The van der Waals surface area contributed by atoms with E-state index in [1.807, 2.05) is 0 Å². The summed E-state index contributed by atoms with van der Waals surface area (Å²) in [6.07, 6.45) is 1.45. The van der Waals surface area contributed by atoms with Gasteiger partial charge in [-0.25, -0.2) is 8.42 Å². The normalized spacial score (nSPS) is 12.1. The average molecular weight is 294 g/mol. The van der Waals surface area contributed by atoms with Crippen molar-refractivity contribution in [2.24, 2.45) is 7.05 Å². The molecule has 0 aromatic carbocycles. The highest BCUT2D eigenvalue weighted by Gasteiger charge is 2.30.